The van der Waals surface area contributed by atoms with E-state index in [2.05, 4.69) is 47.1 Å². The lowest BCUT2D eigenvalue weighted by Gasteiger charge is -2.18. The summed E-state index contributed by atoms with van der Waals surface area (Å²) >= 11 is 5.71. The van der Waals surface area contributed by atoms with Crippen molar-refractivity contribution in [2.45, 2.75) is 46.1 Å². The molecule has 0 spiro atoms. The van der Waals surface area contributed by atoms with Crippen molar-refractivity contribution < 1.29 is 0 Å². The molecule has 0 fully saturated rings. The molecule has 0 aromatic carbocycles. The van der Waals surface area contributed by atoms with Crippen LogP contribution in [-0.4, -0.2) is 33.9 Å². The van der Waals surface area contributed by atoms with Gasteiger partial charge >= 0.3 is 0 Å². The van der Waals surface area contributed by atoms with Crippen LogP contribution in [0, 0.1) is 0 Å². The number of aromatic nitrogens is 2. The smallest absolute Gasteiger partial charge is 0.0766 e. The molecule has 19 heavy (non-hydrogen) atoms. The van der Waals surface area contributed by atoms with E-state index in [0.29, 0.717) is 6.04 Å². The van der Waals surface area contributed by atoms with E-state index in [-0.39, 0.29) is 0 Å². The minimum absolute atomic E-state index is 0.529. The van der Waals surface area contributed by atoms with E-state index in [9.17, 15) is 0 Å². The molecule has 0 aliphatic rings. The third kappa shape index (κ3) is 5.12. The van der Waals surface area contributed by atoms with Gasteiger partial charge in [-0.2, -0.15) is 16.9 Å². The highest BCUT2D eigenvalue weighted by molar-refractivity contribution is 9.10. The van der Waals surface area contributed by atoms with Crippen molar-refractivity contribution in [2.75, 3.05) is 18.1 Å². The molecule has 1 aromatic heterocycles. The molecule has 1 rings (SSSR count). The number of nitrogens with one attached hydrogen (secondary N) is 1. The van der Waals surface area contributed by atoms with Crippen LogP contribution in [0.15, 0.2) is 4.47 Å². The first kappa shape index (κ1) is 17.1. The summed E-state index contributed by atoms with van der Waals surface area (Å²) in [7, 11) is 2.04. The first-order chi connectivity index (χ1) is 9.13. The normalized spacial score (nSPS) is 12.9. The average molecular weight is 348 g/mol. The van der Waals surface area contributed by atoms with Crippen LogP contribution >= 0.6 is 27.7 Å². The van der Waals surface area contributed by atoms with Gasteiger partial charge in [0.1, 0.15) is 0 Å². The zero-order valence-electron chi connectivity index (χ0n) is 12.5. The number of nitrogens with zero attached hydrogens (tertiary/aromatic N) is 2. The van der Waals surface area contributed by atoms with Crippen molar-refractivity contribution >= 4 is 27.7 Å². The van der Waals surface area contributed by atoms with E-state index < -0.39 is 0 Å². The lowest BCUT2D eigenvalue weighted by molar-refractivity contribution is 0.531. The fraction of sp³-hybridized carbons (Fsp3) is 0.786. The summed E-state index contributed by atoms with van der Waals surface area (Å²) in [5, 5.41) is 8.23. The summed E-state index contributed by atoms with van der Waals surface area (Å²) in [4.78, 5) is 0. The molecule has 0 aliphatic heterocycles. The largest absolute Gasteiger partial charge is 0.313 e. The Morgan fingerprint density at radius 3 is 2.63 bits per heavy atom. The predicted molar refractivity (Wildman–Crippen MR) is 89.1 cm³/mol. The maximum atomic E-state index is 4.58. The fourth-order valence-electron chi connectivity index (χ4n) is 2.07. The molecule has 1 aromatic rings. The van der Waals surface area contributed by atoms with Gasteiger partial charge in [0.15, 0.2) is 0 Å². The van der Waals surface area contributed by atoms with Crippen LogP contribution in [0.5, 0.6) is 0 Å². The van der Waals surface area contributed by atoms with Crippen molar-refractivity contribution in [2.24, 2.45) is 7.05 Å². The molecule has 110 valence electrons. The summed E-state index contributed by atoms with van der Waals surface area (Å²) in [6, 6.07) is 0.529. The lowest BCUT2D eigenvalue weighted by atomic mass is 10.1. The molecular weight excluding hydrogens is 322 g/mol. The zero-order chi connectivity index (χ0) is 14.3. The van der Waals surface area contributed by atoms with Gasteiger partial charge in [-0.1, -0.05) is 20.8 Å². The van der Waals surface area contributed by atoms with Gasteiger partial charge in [0.05, 0.1) is 15.9 Å². The maximum Gasteiger partial charge on any atom is 0.0766 e. The summed E-state index contributed by atoms with van der Waals surface area (Å²) < 4.78 is 3.22. The Hall–Kier alpha value is 0. The standard InChI is InChI=1S/C14H26BrN3S/c1-5-8-16-11(10-19-7-3)9-13-14(15)12(6-2)17-18(13)4/h11,16H,5-10H2,1-4H3. The van der Waals surface area contributed by atoms with Crippen LogP contribution in [0.1, 0.15) is 38.6 Å². The summed E-state index contributed by atoms with van der Waals surface area (Å²) in [6.07, 6.45) is 3.20. The number of rotatable bonds is 9. The van der Waals surface area contributed by atoms with Crippen LogP contribution in [0.2, 0.25) is 0 Å². The van der Waals surface area contributed by atoms with Gasteiger partial charge < -0.3 is 5.32 Å². The molecule has 0 saturated heterocycles. The summed E-state index contributed by atoms with van der Waals surface area (Å²) in [5.74, 6) is 2.34. The Balaban J connectivity index is 2.73. The molecule has 0 radical (unpaired) electrons. The van der Waals surface area contributed by atoms with Gasteiger partial charge in [-0.15, -0.1) is 0 Å². The minimum atomic E-state index is 0.529. The van der Waals surface area contributed by atoms with Crippen molar-refractivity contribution in [1.29, 1.82) is 0 Å². The number of halogens is 1. The van der Waals surface area contributed by atoms with Crippen molar-refractivity contribution in [3.8, 4) is 0 Å². The zero-order valence-corrected chi connectivity index (χ0v) is 14.9. The lowest BCUT2D eigenvalue weighted by Crippen LogP contribution is -2.34. The van der Waals surface area contributed by atoms with Crippen molar-refractivity contribution in [3.05, 3.63) is 15.9 Å². The molecule has 0 aliphatic carbocycles. The second-order valence-corrected chi connectivity index (χ2v) is 6.81. The molecule has 1 unspecified atom stereocenters. The molecule has 1 atom stereocenters. The highest BCUT2D eigenvalue weighted by Crippen LogP contribution is 2.23. The molecule has 0 saturated carbocycles. The van der Waals surface area contributed by atoms with E-state index in [0.717, 1.165) is 30.8 Å². The molecule has 5 heteroatoms. The fourth-order valence-corrected chi connectivity index (χ4v) is 3.61. The van der Waals surface area contributed by atoms with Crippen LogP contribution < -0.4 is 5.32 Å². The molecule has 0 bridgehead atoms. The second kappa shape index (κ2) is 9.03. The summed E-state index contributed by atoms with van der Waals surface area (Å²) in [6.45, 7) is 7.67. The van der Waals surface area contributed by atoms with Crippen LogP contribution in [0.25, 0.3) is 0 Å². The maximum absolute atomic E-state index is 4.58. The Bertz CT molecular complexity index is 371. The Morgan fingerprint density at radius 2 is 2.11 bits per heavy atom. The van der Waals surface area contributed by atoms with Gasteiger partial charge in [-0.25, -0.2) is 0 Å². The Labute approximate surface area is 130 Å². The van der Waals surface area contributed by atoms with Gasteiger partial charge in [-0.05, 0) is 41.1 Å². The third-order valence-electron chi connectivity index (χ3n) is 3.15. The van der Waals surface area contributed by atoms with Crippen LogP contribution in [0.4, 0.5) is 0 Å². The highest BCUT2D eigenvalue weighted by atomic mass is 79.9. The van der Waals surface area contributed by atoms with Crippen LogP contribution in [0.3, 0.4) is 0 Å². The monoisotopic (exact) mass is 347 g/mol. The quantitative estimate of drug-likeness (QED) is 0.742. The average Bonchev–Trinajstić information content (AvgIpc) is 2.68. The van der Waals surface area contributed by atoms with Gasteiger partial charge in [0, 0.05) is 25.3 Å². The Kier molecular flexibility index (Phi) is 8.11. The highest BCUT2D eigenvalue weighted by Gasteiger charge is 2.17. The Morgan fingerprint density at radius 1 is 1.37 bits per heavy atom. The van der Waals surface area contributed by atoms with E-state index in [1.165, 1.54) is 22.3 Å². The van der Waals surface area contributed by atoms with E-state index in [1.807, 2.05) is 23.5 Å². The third-order valence-corrected chi connectivity index (χ3v) is 5.11. The molecule has 1 heterocycles. The van der Waals surface area contributed by atoms with Gasteiger partial charge in [-0.3, -0.25) is 4.68 Å². The van der Waals surface area contributed by atoms with E-state index in [4.69, 9.17) is 0 Å². The molecular formula is C14H26BrN3S. The van der Waals surface area contributed by atoms with Crippen molar-refractivity contribution in [3.63, 3.8) is 0 Å². The molecule has 3 nitrogen and oxygen atoms in total. The van der Waals surface area contributed by atoms with Crippen LogP contribution in [-0.2, 0) is 19.9 Å². The first-order valence-corrected chi connectivity index (χ1v) is 9.10. The number of aryl methyl sites for hydroxylation is 2. The predicted octanol–water partition coefficient (Wildman–Crippen LogP) is 3.41. The van der Waals surface area contributed by atoms with E-state index in [1.54, 1.807) is 0 Å². The number of thioether (sulfide) groups is 1. The number of hydrogen-bond donors (Lipinski definition) is 1. The number of hydrogen-bond acceptors (Lipinski definition) is 3. The SMILES string of the molecule is CCCNC(CSCC)Cc1c(Br)c(CC)nn1C. The van der Waals surface area contributed by atoms with E-state index >= 15 is 0 Å². The molecule has 1 N–H and O–H groups in total. The van der Waals surface area contributed by atoms with Gasteiger partial charge in [0.25, 0.3) is 0 Å². The minimum Gasteiger partial charge on any atom is -0.313 e. The first-order valence-electron chi connectivity index (χ1n) is 7.15. The molecule has 0 amide bonds. The van der Waals surface area contributed by atoms with Crippen molar-refractivity contribution in [1.82, 2.24) is 15.1 Å². The topological polar surface area (TPSA) is 29.9 Å². The second-order valence-electron chi connectivity index (χ2n) is 4.70. The van der Waals surface area contributed by atoms with Gasteiger partial charge in [0.2, 0.25) is 0 Å². The summed E-state index contributed by atoms with van der Waals surface area (Å²) in [5.41, 5.74) is 2.47.